The molecular formula is C22H25N3O4S. The van der Waals surface area contributed by atoms with Crippen LogP contribution in [0, 0.1) is 0 Å². The molecule has 3 aromatic rings. The van der Waals surface area contributed by atoms with E-state index in [1.54, 1.807) is 21.3 Å². The minimum absolute atomic E-state index is 0.0594. The van der Waals surface area contributed by atoms with E-state index in [4.69, 9.17) is 24.9 Å². The highest BCUT2D eigenvalue weighted by atomic mass is 32.1. The largest absolute Gasteiger partial charge is 0.496 e. The number of Topliss-reactive ketones (excluding diaryl/α,β-unsaturated/α-hetero) is 1. The number of pyridine rings is 1. The molecule has 0 spiro atoms. The molecule has 0 atom stereocenters. The van der Waals surface area contributed by atoms with Crippen molar-refractivity contribution in [3.8, 4) is 28.4 Å². The molecule has 0 fully saturated rings. The fourth-order valence-electron chi connectivity index (χ4n) is 4.04. The quantitative estimate of drug-likeness (QED) is 0.620. The maximum Gasteiger partial charge on any atom is 0.171 e. The maximum absolute atomic E-state index is 12.2. The number of hydrogen-bond acceptors (Lipinski definition) is 8. The summed E-state index contributed by atoms with van der Waals surface area (Å²) in [6.45, 7) is 3.19. The number of ether oxygens (including phenoxy) is 3. The monoisotopic (exact) mass is 427 g/mol. The van der Waals surface area contributed by atoms with E-state index in [2.05, 4.69) is 11.9 Å². The van der Waals surface area contributed by atoms with Crippen LogP contribution in [0.5, 0.6) is 17.2 Å². The number of thiophene rings is 1. The van der Waals surface area contributed by atoms with Crippen LogP contribution in [0.2, 0.25) is 0 Å². The van der Waals surface area contributed by atoms with Crippen LogP contribution in [-0.4, -0.2) is 50.6 Å². The van der Waals surface area contributed by atoms with Crippen molar-refractivity contribution in [3.63, 3.8) is 0 Å². The number of carbonyl (C=O) groups excluding carboxylic acids is 1. The summed E-state index contributed by atoms with van der Waals surface area (Å²) in [5.41, 5.74) is 10.9. The third kappa shape index (κ3) is 3.16. The first-order chi connectivity index (χ1) is 14.4. The Bertz CT molecular complexity index is 1160. The zero-order valence-electron chi connectivity index (χ0n) is 17.8. The Morgan fingerprint density at radius 1 is 1.13 bits per heavy atom. The minimum Gasteiger partial charge on any atom is -0.496 e. The summed E-state index contributed by atoms with van der Waals surface area (Å²) < 4.78 is 16.7. The van der Waals surface area contributed by atoms with Gasteiger partial charge in [0.2, 0.25) is 0 Å². The van der Waals surface area contributed by atoms with Crippen molar-refractivity contribution in [1.29, 1.82) is 0 Å². The van der Waals surface area contributed by atoms with Gasteiger partial charge in [0.25, 0.3) is 0 Å². The molecule has 1 aromatic carbocycles. The molecular weight excluding hydrogens is 402 g/mol. The number of carbonyl (C=O) groups is 1. The average molecular weight is 428 g/mol. The number of ketones is 1. The second kappa shape index (κ2) is 7.77. The number of nitrogen functional groups attached to an aromatic ring is 1. The fourth-order valence-corrected chi connectivity index (χ4v) is 5.06. The van der Waals surface area contributed by atoms with Crippen LogP contribution < -0.4 is 19.9 Å². The first-order valence-corrected chi connectivity index (χ1v) is 10.4. The Hall–Kier alpha value is -2.84. The van der Waals surface area contributed by atoms with E-state index in [1.165, 1.54) is 18.3 Å². The van der Waals surface area contributed by atoms with E-state index in [9.17, 15) is 4.79 Å². The predicted molar refractivity (Wildman–Crippen MR) is 119 cm³/mol. The number of likely N-dealkylation sites (N-methyl/N-ethyl adjacent to an activating group) is 1. The Morgan fingerprint density at radius 3 is 2.43 bits per heavy atom. The van der Waals surface area contributed by atoms with Crippen LogP contribution in [0.1, 0.15) is 27.9 Å². The number of rotatable bonds is 5. The summed E-state index contributed by atoms with van der Waals surface area (Å²) in [6, 6.07) is 3.72. The number of nitrogens with two attached hydrogens (primary N) is 1. The second-order valence-corrected chi connectivity index (χ2v) is 8.39. The lowest BCUT2D eigenvalue weighted by Crippen LogP contribution is -2.28. The van der Waals surface area contributed by atoms with Crippen LogP contribution in [0.3, 0.4) is 0 Å². The number of benzene rings is 1. The Balaban J connectivity index is 2.14. The summed E-state index contributed by atoms with van der Waals surface area (Å²) >= 11 is 1.35. The van der Waals surface area contributed by atoms with Gasteiger partial charge < -0.3 is 24.8 Å². The van der Waals surface area contributed by atoms with E-state index >= 15 is 0 Å². The van der Waals surface area contributed by atoms with E-state index in [1.807, 2.05) is 12.1 Å². The molecule has 1 aliphatic heterocycles. The van der Waals surface area contributed by atoms with Gasteiger partial charge >= 0.3 is 0 Å². The molecule has 0 radical (unpaired) electrons. The lowest BCUT2D eigenvalue weighted by Gasteiger charge is -2.27. The SMILES string of the molecule is COc1cc(OC)c(-c2c3c(nc4sc(C(C)=O)c(N)c24)CCN(C)C3)cc1OC. The summed E-state index contributed by atoms with van der Waals surface area (Å²) in [7, 11) is 6.90. The van der Waals surface area contributed by atoms with Gasteiger partial charge in [-0.05, 0) is 18.7 Å². The van der Waals surface area contributed by atoms with Crippen molar-refractivity contribution in [2.45, 2.75) is 19.9 Å². The van der Waals surface area contributed by atoms with Gasteiger partial charge in [-0.3, -0.25) is 4.79 Å². The minimum atomic E-state index is -0.0594. The average Bonchev–Trinajstić information content (AvgIpc) is 3.07. The normalized spacial score (nSPS) is 13.9. The van der Waals surface area contributed by atoms with Crippen molar-refractivity contribution >= 4 is 33.0 Å². The van der Waals surface area contributed by atoms with Gasteiger partial charge in [-0.2, -0.15) is 0 Å². The van der Waals surface area contributed by atoms with Crippen molar-refractivity contribution in [1.82, 2.24) is 9.88 Å². The van der Waals surface area contributed by atoms with Gasteiger partial charge in [0.05, 0.1) is 31.9 Å². The Kier molecular flexibility index (Phi) is 5.29. The molecule has 2 N–H and O–H groups in total. The van der Waals surface area contributed by atoms with Crippen molar-refractivity contribution in [2.75, 3.05) is 40.7 Å². The molecule has 0 bridgehead atoms. The summed E-state index contributed by atoms with van der Waals surface area (Å²) in [5, 5.41) is 0.796. The zero-order valence-corrected chi connectivity index (χ0v) is 18.6. The highest BCUT2D eigenvalue weighted by molar-refractivity contribution is 7.21. The van der Waals surface area contributed by atoms with Crippen molar-refractivity contribution in [2.24, 2.45) is 0 Å². The van der Waals surface area contributed by atoms with E-state index < -0.39 is 0 Å². The molecule has 1 aliphatic rings. The molecule has 158 valence electrons. The van der Waals surface area contributed by atoms with E-state index in [0.717, 1.165) is 52.1 Å². The number of hydrogen-bond donors (Lipinski definition) is 1. The molecule has 4 rings (SSSR count). The number of aromatic nitrogens is 1. The van der Waals surface area contributed by atoms with Crippen LogP contribution in [0.25, 0.3) is 21.3 Å². The molecule has 0 saturated heterocycles. The molecule has 0 amide bonds. The highest BCUT2D eigenvalue weighted by Crippen LogP contribution is 2.48. The molecule has 0 unspecified atom stereocenters. The van der Waals surface area contributed by atoms with Gasteiger partial charge in [-0.1, -0.05) is 0 Å². The van der Waals surface area contributed by atoms with Gasteiger partial charge in [0.15, 0.2) is 17.3 Å². The number of anilines is 1. The number of nitrogens with zero attached hydrogens (tertiary/aromatic N) is 2. The van der Waals surface area contributed by atoms with Crippen LogP contribution in [0.15, 0.2) is 12.1 Å². The van der Waals surface area contributed by atoms with Gasteiger partial charge in [-0.25, -0.2) is 4.98 Å². The molecule has 0 aliphatic carbocycles. The molecule has 0 saturated carbocycles. The van der Waals surface area contributed by atoms with Crippen molar-refractivity contribution in [3.05, 3.63) is 28.3 Å². The smallest absolute Gasteiger partial charge is 0.171 e. The maximum atomic E-state index is 12.2. The highest BCUT2D eigenvalue weighted by Gasteiger charge is 2.28. The molecule has 2 aromatic heterocycles. The third-order valence-electron chi connectivity index (χ3n) is 5.52. The van der Waals surface area contributed by atoms with Crippen LogP contribution >= 0.6 is 11.3 Å². The summed E-state index contributed by atoms with van der Waals surface area (Å²) in [6.07, 6.45) is 0.831. The predicted octanol–water partition coefficient (Wildman–Crippen LogP) is 3.76. The van der Waals surface area contributed by atoms with Gasteiger partial charge in [0, 0.05) is 54.7 Å². The molecule has 30 heavy (non-hydrogen) atoms. The lowest BCUT2D eigenvalue weighted by atomic mass is 9.91. The van der Waals surface area contributed by atoms with Crippen LogP contribution in [0.4, 0.5) is 5.69 Å². The molecule has 3 heterocycles. The molecule has 7 nitrogen and oxygen atoms in total. The number of methoxy groups -OCH3 is 3. The van der Waals surface area contributed by atoms with Crippen LogP contribution in [-0.2, 0) is 13.0 Å². The van der Waals surface area contributed by atoms with E-state index in [0.29, 0.717) is 27.8 Å². The summed E-state index contributed by atoms with van der Waals surface area (Å²) in [4.78, 5) is 20.7. The van der Waals surface area contributed by atoms with E-state index in [-0.39, 0.29) is 5.78 Å². The topological polar surface area (TPSA) is 86.9 Å². The zero-order chi connectivity index (χ0) is 21.6. The van der Waals surface area contributed by atoms with Gasteiger partial charge in [0.1, 0.15) is 10.6 Å². The Morgan fingerprint density at radius 2 is 1.80 bits per heavy atom. The number of fused-ring (bicyclic) bond motifs is 2. The lowest BCUT2D eigenvalue weighted by molar-refractivity contribution is 0.102. The second-order valence-electron chi connectivity index (χ2n) is 7.39. The third-order valence-corrected chi connectivity index (χ3v) is 6.72. The fraction of sp³-hybridized carbons (Fsp3) is 0.364. The molecule has 8 heteroatoms. The van der Waals surface area contributed by atoms with Gasteiger partial charge in [-0.15, -0.1) is 11.3 Å². The summed E-state index contributed by atoms with van der Waals surface area (Å²) in [5.74, 6) is 1.76. The van der Waals surface area contributed by atoms with Crippen molar-refractivity contribution < 1.29 is 19.0 Å². The first-order valence-electron chi connectivity index (χ1n) is 9.63. The first kappa shape index (κ1) is 20.4. The Labute approximate surface area is 179 Å². The standard InChI is InChI=1S/C22H25N3O4S/c1-11(26)21-20(23)19-18(12-8-16(28-4)17(29-5)9-15(12)27-3)13-10-25(2)7-6-14(13)24-22(19)30-21/h8-9H,6-7,10,23H2,1-5H3.